The molecule has 0 aliphatic carbocycles. The Morgan fingerprint density at radius 2 is 2.00 bits per heavy atom. The third-order valence-electron chi connectivity index (χ3n) is 2.97. The molecule has 1 aromatic heterocycles. The molecule has 1 heterocycles. The summed E-state index contributed by atoms with van der Waals surface area (Å²) in [6.45, 7) is 4.64. The van der Waals surface area contributed by atoms with Gasteiger partial charge < -0.3 is 0 Å². The van der Waals surface area contributed by atoms with Crippen LogP contribution in [0.15, 0.2) is 28.7 Å². The van der Waals surface area contributed by atoms with Crippen molar-refractivity contribution < 1.29 is 4.79 Å². The zero-order valence-electron chi connectivity index (χ0n) is 10.8. The Balaban J connectivity index is 2.20. The van der Waals surface area contributed by atoms with Crippen LogP contribution in [0.3, 0.4) is 0 Å². The van der Waals surface area contributed by atoms with Gasteiger partial charge in [-0.15, -0.1) is 0 Å². The molecule has 2 rings (SSSR count). The van der Waals surface area contributed by atoms with Crippen LogP contribution in [0.1, 0.15) is 27.3 Å². The second kappa shape index (κ2) is 5.54. The molecule has 6 heteroatoms. The highest BCUT2D eigenvalue weighted by atomic mass is 79.9. The summed E-state index contributed by atoms with van der Waals surface area (Å²) in [5.41, 5.74) is 5.78. The number of hydrogen-bond donors (Lipinski definition) is 2. The lowest BCUT2D eigenvalue weighted by Crippen LogP contribution is -2.29. The number of rotatable bonds is 3. The van der Waals surface area contributed by atoms with E-state index >= 15 is 0 Å². The van der Waals surface area contributed by atoms with E-state index < -0.39 is 0 Å². The van der Waals surface area contributed by atoms with Crippen molar-refractivity contribution in [1.29, 1.82) is 0 Å². The fourth-order valence-electron chi connectivity index (χ4n) is 1.85. The van der Waals surface area contributed by atoms with Crippen LogP contribution in [-0.2, 0) is 6.54 Å². The van der Waals surface area contributed by atoms with Crippen molar-refractivity contribution in [3.63, 3.8) is 0 Å². The Morgan fingerprint density at radius 3 is 2.47 bits per heavy atom. The van der Waals surface area contributed by atoms with Gasteiger partial charge in [0.05, 0.1) is 22.4 Å². The smallest absolute Gasteiger partial charge is 0.265 e. The SMILES string of the molecule is Cc1nn(Cc2ccc(C(=O)NN)cc2)c(C)c1Br. The first-order chi connectivity index (χ1) is 9.02. The molecule has 0 fully saturated rings. The number of carbonyl (C=O) groups is 1. The van der Waals surface area contributed by atoms with Gasteiger partial charge in [-0.05, 0) is 47.5 Å². The predicted molar refractivity (Wildman–Crippen MR) is 76.6 cm³/mol. The van der Waals surface area contributed by atoms with E-state index in [-0.39, 0.29) is 5.91 Å². The van der Waals surface area contributed by atoms with Crippen molar-refractivity contribution in [3.8, 4) is 0 Å². The number of benzene rings is 1. The quantitative estimate of drug-likeness (QED) is 0.515. The minimum absolute atomic E-state index is 0.291. The zero-order valence-corrected chi connectivity index (χ0v) is 12.4. The lowest BCUT2D eigenvalue weighted by Gasteiger charge is -2.06. The molecule has 3 N–H and O–H groups in total. The number of aryl methyl sites for hydroxylation is 1. The summed E-state index contributed by atoms with van der Waals surface area (Å²) in [7, 11) is 0. The summed E-state index contributed by atoms with van der Waals surface area (Å²) in [4.78, 5) is 11.3. The molecule has 19 heavy (non-hydrogen) atoms. The van der Waals surface area contributed by atoms with Gasteiger partial charge in [0.2, 0.25) is 0 Å². The number of nitrogens with one attached hydrogen (secondary N) is 1. The van der Waals surface area contributed by atoms with E-state index in [1.54, 1.807) is 12.1 Å². The fourth-order valence-corrected chi connectivity index (χ4v) is 2.13. The summed E-state index contributed by atoms with van der Waals surface area (Å²) >= 11 is 3.50. The number of carbonyl (C=O) groups excluding carboxylic acids is 1. The van der Waals surface area contributed by atoms with Crippen LogP contribution in [0.2, 0.25) is 0 Å². The lowest BCUT2D eigenvalue weighted by molar-refractivity contribution is 0.0953. The molecule has 0 unspecified atom stereocenters. The molecule has 0 saturated heterocycles. The molecule has 0 bridgehead atoms. The van der Waals surface area contributed by atoms with Gasteiger partial charge in [0.1, 0.15) is 0 Å². The topological polar surface area (TPSA) is 72.9 Å². The van der Waals surface area contributed by atoms with Crippen LogP contribution in [0.5, 0.6) is 0 Å². The maximum atomic E-state index is 11.3. The molecule has 0 spiro atoms. The molecule has 0 saturated carbocycles. The molecule has 0 aliphatic rings. The van der Waals surface area contributed by atoms with Crippen molar-refractivity contribution in [2.24, 2.45) is 5.84 Å². The molecule has 1 aromatic carbocycles. The number of nitrogens with two attached hydrogens (primary N) is 1. The Bertz CT molecular complexity index is 604. The van der Waals surface area contributed by atoms with Crippen LogP contribution in [-0.4, -0.2) is 15.7 Å². The van der Waals surface area contributed by atoms with Crippen molar-refractivity contribution in [2.75, 3.05) is 0 Å². The monoisotopic (exact) mass is 322 g/mol. The third-order valence-corrected chi connectivity index (χ3v) is 4.12. The highest BCUT2D eigenvalue weighted by Gasteiger charge is 2.09. The molecule has 0 atom stereocenters. The summed E-state index contributed by atoms with van der Waals surface area (Å²) in [5, 5.41) is 4.45. The molecular weight excluding hydrogens is 308 g/mol. The van der Waals surface area contributed by atoms with Crippen LogP contribution < -0.4 is 11.3 Å². The maximum absolute atomic E-state index is 11.3. The Labute approximate surface area is 119 Å². The minimum atomic E-state index is -0.291. The summed E-state index contributed by atoms with van der Waals surface area (Å²) in [5.74, 6) is 4.79. The fraction of sp³-hybridized carbons (Fsp3) is 0.231. The molecule has 0 aliphatic heterocycles. The van der Waals surface area contributed by atoms with E-state index in [1.165, 1.54) is 0 Å². The largest absolute Gasteiger partial charge is 0.290 e. The second-order valence-corrected chi connectivity index (χ2v) is 5.11. The van der Waals surface area contributed by atoms with Gasteiger partial charge in [0.25, 0.3) is 5.91 Å². The first kappa shape index (κ1) is 13.8. The maximum Gasteiger partial charge on any atom is 0.265 e. The van der Waals surface area contributed by atoms with Gasteiger partial charge in [-0.1, -0.05) is 12.1 Å². The van der Waals surface area contributed by atoms with Gasteiger partial charge >= 0.3 is 0 Å². The van der Waals surface area contributed by atoms with E-state index in [1.807, 2.05) is 30.7 Å². The van der Waals surface area contributed by atoms with E-state index in [0.29, 0.717) is 12.1 Å². The van der Waals surface area contributed by atoms with Gasteiger partial charge in [-0.2, -0.15) is 5.10 Å². The Hall–Kier alpha value is -1.66. The van der Waals surface area contributed by atoms with Gasteiger partial charge in [0, 0.05) is 5.56 Å². The normalized spacial score (nSPS) is 10.5. The van der Waals surface area contributed by atoms with Gasteiger partial charge in [-0.25, -0.2) is 5.84 Å². The number of aromatic nitrogens is 2. The van der Waals surface area contributed by atoms with Crippen molar-refractivity contribution in [2.45, 2.75) is 20.4 Å². The summed E-state index contributed by atoms with van der Waals surface area (Å²) in [6.07, 6.45) is 0. The number of hydrogen-bond acceptors (Lipinski definition) is 3. The predicted octanol–water partition coefficient (Wildman–Crippen LogP) is 1.91. The molecule has 0 radical (unpaired) electrons. The highest BCUT2D eigenvalue weighted by molar-refractivity contribution is 9.10. The van der Waals surface area contributed by atoms with Gasteiger partial charge in [0.15, 0.2) is 0 Å². The van der Waals surface area contributed by atoms with Gasteiger partial charge in [-0.3, -0.25) is 14.9 Å². The molecule has 100 valence electrons. The Kier molecular flexibility index (Phi) is 4.01. The number of nitrogen functional groups attached to an aromatic ring is 1. The zero-order chi connectivity index (χ0) is 14.0. The standard InChI is InChI=1S/C13H15BrN4O/c1-8-12(14)9(2)18(17-8)7-10-3-5-11(6-4-10)13(19)16-15/h3-6H,7,15H2,1-2H3,(H,16,19). The van der Waals surface area contributed by atoms with Crippen molar-refractivity contribution >= 4 is 21.8 Å². The van der Waals surface area contributed by atoms with E-state index in [0.717, 1.165) is 21.4 Å². The highest BCUT2D eigenvalue weighted by Crippen LogP contribution is 2.20. The third kappa shape index (κ3) is 2.85. The van der Waals surface area contributed by atoms with Crippen molar-refractivity contribution in [3.05, 3.63) is 51.3 Å². The van der Waals surface area contributed by atoms with Crippen LogP contribution in [0.25, 0.3) is 0 Å². The molecule has 1 amide bonds. The van der Waals surface area contributed by atoms with Crippen LogP contribution in [0, 0.1) is 13.8 Å². The molecule has 2 aromatic rings. The van der Waals surface area contributed by atoms with E-state index in [2.05, 4.69) is 26.5 Å². The van der Waals surface area contributed by atoms with E-state index in [9.17, 15) is 4.79 Å². The second-order valence-electron chi connectivity index (χ2n) is 4.31. The Morgan fingerprint density at radius 1 is 1.37 bits per heavy atom. The van der Waals surface area contributed by atoms with Crippen LogP contribution >= 0.6 is 15.9 Å². The lowest BCUT2D eigenvalue weighted by atomic mass is 10.1. The average Bonchev–Trinajstić information content (AvgIpc) is 2.66. The summed E-state index contributed by atoms with van der Waals surface area (Å²) in [6, 6.07) is 7.29. The number of hydrazine groups is 1. The average molecular weight is 323 g/mol. The van der Waals surface area contributed by atoms with E-state index in [4.69, 9.17) is 5.84 Å². The van der Waals surface area contributed by atoms with Crippen molar-refractivity contribution in [1.82, 2.24) is 15.2 Å². The summed E-state index contributed by atoms with van der Waals surface area (Å²) < 4.78 is 2.96. The van der Waals surface area contributed by atoms with Crippen LogP contribution in [0.4, 0.5) is 0 Å². The first-order valence-corrected chi connectivity index (χ1v) is 6.61. The number of halogens is 1. The first-order valence-electron chi connectivity index (χ1n) is 5.82. The molecule has 5 nitrogen and oxygen atoms in total. The number of amides is 1. The minimum Gasteiger partial charge on any atom is -0.290 e. The number of nitrogens with zero attached hydrogens (tertiary/aromatic N) is 2. The molecular formula is C13H15BrN4O.